The summed E-state index contributed by atoms with van der Waals surface area (Å²) in [6, 6.07) is 12.9. The predicted molar refractivity (Wildman–Crippen MR) is 172 cm³/mol. The van der Waals surface area contributed by atoms with Crippen LogP contribution in [0.2, 0.25) is 0 Å². The molecule has 2 amide bonds. The average Bonchev–Trinajstić information content (AvgIpc) is 3.28. The van der Waals surface area contributed by atoms with Crippen molar-refractivity contribution in [3.63, 3.8) is 0 Å². The second-order valence-corrected chi connectivity index (χ2v) is 13.3. The number of hydrogen-bond acceptors (Lipinski definition) is 6. The van der Waals surface area contributed by atoms with Gasteiger partial charge >= 0.3 is 0 Å². The highest BCUT2D eigenvalue weighted by Gasteiger charge is 2.47. The van der Waals surface area contributed by atoms with Gasteiger partial charge in [0, 0.05) is 54.3 Å². The number of amides is 2. The first kappa shape index (κ1) is 27.5. The van der Waals surface area contributed by atoms with Crippen molar-refractivity contribution < 1.29 is 18.7 Å². The van der Waals surface area contributed by atoms with E-state index < -0.39 is 5.82 Å². The average molecular weight is 620 g/mol. The third-order valence-corrected chi connectivity index (χ3v) is 10.6. The Hall–Kier alpha value is -4.77. The van der Waals surface area contributed by atoms with Gasteiger partial charge in [0.05, 0.1) is 36.1 Å². The van der Waals surface area contributed by atoms with Gasteiger partial charge in [0.1, 0.15) is 22.7 Å². The Morgan fingerprint density at radius 1 is 1.11 bits per heavy atom. The van der Waals surface area contributed by atoms with Crippen molar-refractivity contribution in [2.75, 3.05) is 19.0 Å². The third-order valence-electron chi connectivity index (χ3n) is 10.6. The summed E-state index contributed by atoms with van der Waals surface area (Å²) < 4.78 is 24.6. The molecule has 9 rings (SSSR count). The summed E-state index contributed by atoms with van der Waals surface area (Å²) in [7, 11) is 3.59. The number of aryl methyl sites for hydroxylation is 1. The number of benzene rings is 2. The fourth-order valence-corrected chi connectivity index (χ4v) is 7.97. The number of ether oxygens (including phenoxy) is 1. The number of nitrogens with one attached hydrogen (secondary N) is 1. The molecule has 2 saturated carbocycles. The minimum Gasteiger partial charge on any atom is -0.494 e. The molecular formula is C35H34FN7O3. The Labute approximate surface area is 264 Å². The third kappa shape index (κ3) is 4.03. The van der Waals surface area contributed by atoms with Crippen molar-refractivity contribution in [2.45, 2.75) is 50.7 Å². The molecule has 2 aromatic carbocycles. The van der Waals surface area contributed by atoms with Gasteiger partial charge in [-0.05, 0) is 80.0 Å². The minimum atomic E-state index is -0.393. The first-order chi connectivity index (χ1) is 22.3. The number of aromatic nitrogens is 4. The second kappa shape index (κ2) is 9.86. The summed E-state index contributed by atoms with van der Waals surface area (Å²) >= 11 is 0. The van der Waals surface area contributed by atoms with E-state index in [1.54, 1.807) is 13.2 Å². The fraction of sp³-hybridized carbons (Fsp3) is 0.371. The topological polar surface area (TPSA) is 120 Å². The van der Waals surface area contributed by atoms with E-state index in [0.29, 0.717) is 57.7 Å². The monoisotopic (exact) mass is 619 g/mol. The Balaban J connectivity index is 1.16. The number of imidazole rings is 1. The maximum Gasteiger partial charge on any atom is 0.254 e. The zero-order valence-corrected chi connectivity index (χ0v) is 25.7. The Bertz CT molecular complexity index is 2130. The summed E-state index contributed by atoms with van der Waals surface area (Å²) in [6.45, 7) is 1.48. The summed E-state index contributed by atoms with van der Waals surface area (Å²) in [4.78, 5) is 38.0. The van der Waals surface area contributed by atoms with Gasteiger partial charge < -0.3 is 29.8 Å². The number of anilines is 1. The van der Waals surface area contributed by atoms with Crippen molar-refractivity contribution in [2.24, 2.45) is 24.6 Å². The molecule has 0 spiro atoms. The molecule has 2 aliphatic heterocycles. The molecular weight excluding hydrogens is 585 g/mol. The van der Waals surface area contributed by atoms with Gasteiger partial charge in [0.15, 0.2) is 5.82 Å². The molecule has 2 aliphatic carbocycles. The molecule has 234 valence electrons. The van der Waals surface area contributed by atoms with Gasteiger partial charge in [-0.1, -0.05) is 0 Å². The van der Waals surface area contributed by atoms with Crippen LogP contribution in [0.15, 0.2) is 42.5 Å². The van der Waals surface area contributed by atoms with Gasteiger partial charge in [0.25, 0.3) is 5.91 Å². The fourth-order valence-electron chi connectivity index (χ4n) is 7.97. The van der Waals surface area contributed by atoms with E-state index in [2.05, 4.69) is 16.0 Å². The van der Waals surface area contributed by atoms with Crippen molar-refractivity contribution in [3.05, 3.63) is 59.4 Å². The van der Waals surface area contributed by atoms with E-state index in [1.807, 2.05) is 40.8 Å². The van der Waals surface area contributed by atoms with Crippen LogP contribution in [0.3, 0.4) is 0 Å². The van der Waals surface area contributed by atoms with E-state index in [-0.39, 0.29) is 30.3 Å². The van der Waals surface area contributed by atoms with E-state index >= 15 is 0 Å². The van der Waals surface area contributed by atoms with Crippen LogP contribution in [-0.4, -0.2) is 61.6 Å². The molecule has 11 heteroatoms. The Kier molecular flexibility index (Phi) is 5.90. The van der Waals surface area contributed by atoms with Crippen molar-refractivity contribution in [1.29, 1.82) is 0 Å². The normalized spacial score (nSPS) is 21.9. The summed E-state index contributed by atoms with van der Waals surface area (Å²) in [5, 5.41) is 3.79. The van der Waals surface area contributed by atoms with Crippen molar-refractivity contribution >= 4 is 39.6 Å². The van der Waals surface area contributed by atoms with Crippen molar-refractivity contribution in [1.82, 2.24) is 24.0 Å². The lowest BCUT2D eigenvalue weighted by Crippen LogP contribution is -2.41. The standard InChI is InChI=1S/C35H34FN7O3/c1-41-32-25(11-20(13-28(32)46-2)35(45)43-16-19-6-10-26(43)30(19)37)39-34(41)27-12-18-5-9-24(38-33(18)42(27)15-17-3-4-17)21-7-8-23(36)22-14-29(44)40-31(21)22/h5,7-9,11-13,17,19,26,30H,3-4,6,10,14-16,37H2,1-2H3,(H,40,44)/t19?,26?,30-/m1/s1. The molecule has 2 unspecified atom stereocenters. The number of pyridine rings is 1. The van der Waals surface area contributed by atoms with Gasteiger partial charge in [-0.25, -0.2) is 14.4 Å². The van der Waals surface area contributed by atoms with E-state index in [1.165, 1.54) is 6.07 Å². The smallest absolute Gasteiger partial charge is 0.254 e. The highest BCUT2D eigenvalue weighted by Crippen LogP contribution is 2.41. The molecule has 1 saturated heterocycles. The van der Waals surface area contributed by atoms with Crippen LogP contribution in [0.25, 0.3) is 44.8 Å². The number of likely N-dealkylation sites (tertiary alicyclic amines) is 1. The minimum absolute atomic E-state index is 0.0234. The number of piperidine rings is 1. The van der Waals surface area contributed by atoms with Crippen LogP contribution in [0, 0.1) is 17.7 Å². The van der Waals surface area contributed by atoms with Gasteiger partial charge in [-0.2, -0.15) is 0 Å². The van der Waals surface area contributed by atoms with Gasteiger partial charge in [-0.15, -0.1) is 0 Å². The lowest BCUT2D eigenvalue weighted by molar-refractivity contribution is -0.115. The van der Waals surface area contributed by atoms with E-state index in [9.17, 15) is 14.0 Å². The summed E-state index contributed by atoms with van der Waals surface area (Å²) in [5.74, 6) is 1.61. The highest BCUT2D eigenvalue weighted by molar-refractivity contribution is 6.04. The second-order valence-electron chi connectivity index (χ2n) is 13.3. The lowest BCUT2D eigenvalue weighted by Gasteiger charge is -2.27. The molecule has 5 heterocycles. The molecule has 3 aromatic heterocycles. The number of rotatable bonds is 6. The number of carbonyl (C=O) groups is 2. The number of nitrogens with zero attached hydrogens (tertiary/aromatic N) is 5. The molecule has 3 atom stereocenters. The molecule has 3 fully saturated rings. The largest absolute Gasteiger partial charge is 0.494 e. The van der Waals surface area contributed by atoms with E-state index in [0.717, 1.165) is 60.3 Å². The molecule has 5 aromatic rings. The number of fused-ring (bicyclic) bond motifs is 5. The van der Waals surface area contributed by atoms with Crippen LogP contribution >= 0.6 is 0 Å². The Morgan fingerprint density at radius 2 is 1.96 bits per heavy atom. The maximum absolute atomic E-state index is 14.5. The van der Waals surface area contributed by atoms with Crippen LogP contribution in [0.1, 0.15) is 41.6 Å². The predicted octanol–water partition coefficient (Wildman–Crippen LogP) is 4.87. The number of methoxy groups -OCH3 is 1. The van der Waals surface area contributed by atoms with Crippen LogP contribution < -0.4 is 15.8 Å². The first-order valence-corrected chi connectivity index (χ1v) is 16.0. The van der Waals surface area contributed by atoms with Crippen molar-refractivity contribution in [3.8, 4) is 28.5 Å². The maximum atomic E-state index is 14.5. The zero-order chi connectivity index (χ0) is 31.4. The number of halogens is 1. The molecule has 3 N–H and O–H groups in total. The SMILES string of the molecule is COc1cc(C(=O)N2CC3CCC2[C@@H]3N)cc2nc(-c3cc4ccc(-c5ccc(F)c6c5NC(=O)C6)nc4n3CC3CC3)n(C)c12. The number of hydrogen-bond donors (Lipinski definition) is 2. The lowest BCUT2D eigenvalue weighted by atomic mass is 10.0. The van der Waals surface area contributed by atoms with Gasteiger partial charge in [0.2, 0.25) is 5.91 Å². The highest BCUT2D eigenvalue weighted by atomic mass is 19.1. The molecule has 10 nitrogen and oxygen atoms in total. The molecule has 4 aliphatic rings. The van der Waals surface area contributed by atoms with Gasteiger partial charge in [-0.3, -0.25) is 9.59 Å². The quantitative estimate of drug-likeness (QED) is 0.280. The zero-order valence-electron chi connectivity index (χ0n) is 25.7. The number of nitrogens with two attached hydrogens (primary N) is 1. The van der Waals surface area contributed by atoms with E-state index in [4.69, 9.17) is 20.4 Å². The first-order valence-electron chi connectivity index (χ1n) is 16.0. The number of carbonyl (C=O) groups excluding carboxylic acids is 2. The summed E-state index contributed by atoms with van der Waals surface area (Å²) in [5.41, 5.74) is 12.4. The molecule has 2 bridgehead atoms. The summed E-state index contributed by atoms with van der Waals surface area (Å²) in [6.07, 6.45) is 4.36. The Morgan fingerprint density at radius 3 is 2.70 bits per heavy atom. The molecule has 46 heavy (non-hydrogen) atoms. The van der Waals surface area contributed by atoms with Crippen LogP contribution in [0.4, 0.5) is 10.1 Å². The van der Waals surface area contributed by atoms with Crippen LogP contribution in [-0.2, 0) is 24.8 Å². The van der Waals surface area contributed by atoms with Crippen LogP contribution in [0.5, 0.6) is 5.75 Å². The molecule has 0 radical (unpaired) electrons.